The molecule has 0 saturated carbocycles. The van der Waals surface area contributed by atoms with Gasteiger partial charge in [0.25, 0.3) is 0 Å². The van der Waals surface area contributed by atoms with Gasteiger partial charge in [-0.25, -0.2) is 15.0 Å². The molecule has 0 bridgehead atoms. The first kappa shape index (κ1) is 34.0. The van der Waals surface area contributed by atoms with E-state index in [-0.39, 0.29) is 49.8 Å². The largest absolute Gasteiger partial charge is 0.457 e. The normalized spacial score (nSPS) is 11.9. The van der Waals surface area contributed by atoms with E-state index < -0.39 is 0 Å². The smallest absolute Gasteiger partial charge is 0.164 e. The zero-order chi connectivity index (χ0) is 38.7. The second-order valence-electron chi connectivity index (χ2n) is 14.0. The summed E-state index contributed by atoms with van der Waals surface area (Å²) >= 11 is 1.72. The third-order valence-corrected chi connectivity index (χ3v) is 12.1. The highest BCUT2D eigenvalue weighted by Crippen LogP contribution is 2.43. The lowest BCUT2D eigenvalue weighted by atomic mass is 9.67. The molecule has 0 atom stereocenters. The SMILES string of the molecule is [B]c1c([B])c(-c2nc(-c3ccccc3)nc(-c3ccccc3)n2)c2c(oc3c([B])c(-n4c5ccccc5c5ccc6c7ccccc7sc6c54)c([B])c([B])c32)c1[B]. The molecule has 0 aliphatic carbocycles. The predicted octanol–water partition coefficient (Wildman–Crippen LogP) is 5.00. The van der Waals surface area contributed by atoms with Crippen molar-refractivity contribution in [3.05, 3.63) is 121 Å². The first-order chi connectivity index (χ1) is 27.8. The van der Waals surface area contributed by atoms with Crippen molar-refractivity contribution < 1.29 is 4.42 Å². The van der Waals surface area contributed by atoms with Gasteiger partial charge in [0.2, 0.25) is 0 Å². The predicted molar refractivity (Wildman–Crippen MR) is 243 cm³/mol. The zero-order valence-electron chi connectivity index (χ0n) is 30.1. The lowest BCUT2D eigenvalue weighted by molar-refractivity contribution is 0.674. The number of rotatable bonds is 4. The summed E-state index contributed by atoms with van der Waals surface area (Å²) in [5, 5.41) is 5.26. The molecule has 7 aromatic carbocycles. The Kier molecular flexibility index (Phi) is 7.55. The molecule has 5 nitrogen and oxygen atoms in total. The van der Waals surface area contributed by atoms with Gasteiger partial charge in [-0.2, -0.15) is 0 Å². The molecule has 0 unspecified atom stereocenters. The van der Waals surface area contributed by atoms with Crippen molar-refractivity contribution in [1.82, 2.24) is 19.5 Å². The van der Waals surface area contributed by atoms with Gasteiger partial charge in [0.15, 0.2) is 17.5 Å². The van der Waals surface area contributed by atoms with Gasteiger partial charge in [0.1, 0.15) is 58.2 Å². The van der Waals surface area contributed by atoms with Crippen molar-refractivity contribution >= 4 is 155 Å². The van der Waals surface area contributed by atoms with Crippen molar-refractivity contribution in [1.29, 1.82) is 0 Å². The third kappa shape index (κ3) is 4.86. The molecular weight excluding hydrogens is 709 g/mol. The van der Waals surface area contributed by atoms with E-state index in [1.54, 1.807) is 11.3 Å². The summed E-state index contributed by atoms with van der Waals surface area (Å²) in [6, 6.07) is 40.2. The van der Waals surface area contributed by atoms with E-state index in [1.807, 2.05) is 72.8 Å². The van der Waals surface area contributed by atoms with Crippen LogP contribution in [0.3, 0.4) is 0 Å². The molecule has 250 valence electrons. The van der Waals surface area contributed by atoms with Crippen molar-refractivity contribution in [3.8, 4) is 39.9 Å². The molecule has 12 radical (unpaired) electrons. The summed E-state index contributed by atoms with van der Waals surface area (Å²) in [5.74, 6) is 1.11. The molecule has 0 aliphatic rings. The maximum atomic E-state index is 7.27. The van der Waals surface area contributed by atoms with E-state index in [4.69, 9.17) is 66.4 Å². The summed E-state index contributed by atoms with van der Waals surface area (Å²) in [5.41, 5.74) is 5.96. The minimum Gasteiger partial charge on any atom is -0.457 e. The van der Waals surface area contributed by atoms with Gasteiger partial charge in [-0.05, 0) is 17.6 Å². The number of fused-ring (bicyclic) bond motifs is 10. The number of aromatic nitrogens is 4. The van der Waals surface area contributed by atoms with Gasteiger partial charge >= 0.3 is 0 Å². The van der Waals surface area contributed by atoms with E-state index in [9.17, 15) is 0 Å². The Morgan fingerprint density at radius 3 is 1.74 bits per heavy atom. The van der Waals surface area contributed by atoms with Crippen LogP contribution < -0.4 is 32.8 Å². The minimum atomic E-state index is 0.111. The Balaban J connectivity index is 1.26. The van der Waals surface area contributed by atoms with Crippen LogP contribution in [0.5, 0.6) is 0 Å². The summed E-state index contributed by atoms with van der Waals surface area (Å²) in [6.45, 7) is 0. The molecule has 4 aromatic heterocycles. The standard InChI is InChI=1S/C45H20B6N4OS/c46-32-30-29-31(45-53-43(21-11-3-1-4-12-21)52-44(54-45)22-13-5-2-6-14-22)33(47)34(48)36(50)40(29)56-41(30)37(51)39(35(32)49)55-27-17-9-7-15-23(27)25-19-20-26-24-16-8-10-18-28(24)57-42(26)38(25)55/h1-20H. The lowest BCUT2D eigenvalue weighted by Gasteiger charge is -2.19. The highest BCUT2D eigenvalue weighted by atomic mass is 32.1. The minimum absolute atomic E-state index is 0.111. The number of benzene rings is 7. The van der Waals surface area contributed by atoms with E-state index >= 15 is 0 Å². The molecule has 12 heteroatoms. The Morgan fingerprint density at radius 2 is 1.04 bits per heavy atom. The van der Waals surface area contributed by atoms with Crippen molar-refractivity contribution in [3.63, 3.8) is 0 Å². The van der Waals surface area contributed by atoms with Gasteiger partial charge in [-0.1, -0.05) is 131 Å². The van der Waals surface area contributed by atoms with Crippen LogP contribution in [-0.4, -0.2) is 66.6 Å². The molecule has 11 aromatic rings. The number of furan rings is 1. The Hall–Kier alpha value is -6.24. The number of para-hydroxylation sites is 1. The van der Waals surface area contributed by atoms with Gasteiger partial charge in [0, 0.05) is 59.4 Å². The topological polar surface area (TPSA) is 56.7 Å². The maximum absolute atomic E-state index is 7.27. The Labute approximate surface area is 338 Å². The van der Waals surface area contributed by atoms with E-state index in [2.05, 4.69) is 53.1 Å². The van der Waals surface area contributed by atoms with Crippen LogP contribution in [0.1, 0.15) is 0 Å². The molecule has 0 N–H and O–H groups in total. The number of nitrogens with zero attached hydrogens (tertiary/aromatic N) is 4. The Bertz CT molecular complexity index is 3430. The van der Waals surface area contributed by atoms with E-state index in [0.717, 1.165) is 43.0 Å². The fourth-order valence-corrected chi connectivity index (χ4v) is 9.45. The third-order valence-electron chi connectivity index (χ3n) is 10.9. The molecule has 11 rings (SSSR count). The molecule has 0 spiro atoms. The highest BCUT2D eigenvalue weighted by Gasteiger charge is 2.27. The molecule has 0 amide bonds. The second-order valence-corrected chi connectivity index (χ2v) is 15.1. The van der Waals surface area contributed by atoms with Crippen LogP contribution in [0.25, 0.3) is 104 Å². The summed E-state index contributed by atoms with van der Waals surface area (Å²) in [6.07, 6.45) is 0. The number of hydrogen-bond donors (Lipinski definition) is 0. The zero-order valence-corrected chi connectivity index (χ0v) is 30.9. The van der Waals surface area contributed by atoms with Crippen molar-refractivity contribution in [2.24, 2.45) is 0 Å². The number of thiophene rings is 1. The summed E-state index contributed by atoms with van der Waals surface area (Å²) < 4.78 is 11.0. The summed E-state index contributed by atoms with van der Waals surface area (Å²) in [7, 11) is 41.9. The van der Waals surface area contributed by atoms with E-state index in [0.29, 0.717) is 33.7 Å². The maximum Gasteiger partial charge on any atom is 0.164 e. The van der Waals surface area contributed by atoms with Crippen LogP contribution in [0.2, 0.25) is 0 Å². The van der Waals surface area contributed by atoms with Crippen LogP contribution in [0.15, 0.2) is 126 Å². The Morgan fingerprint density at radius 1 is 0.456 bits per heavy atom. The van der Waals surface area contributed by atoms with Crippen LogP contribution in [-0.2, 0) is 0 Å². The van der Waals surface area contributed by atoms with E-state index in [1.165, 1.54) is 10.1 Å². The second kappa shape index (κ2) is 12.6. The monoisotopic (exact) mass is 730 g/mol. The molecule has 57 heavy (non-hydrogen) atoms. The van der Waals surface area contributed by atoms with Gasteiger partial charge in [0.05, 0.1) is 15.7 Å². The lowest BCUT2D eigenvalue weighted by Crippen LogP contribution is -2.41. The van der Waals surface area contributed by atoms with Crippen molar-refractivity contribution in [2.45, 2.75) is 0 Å². The fourth-order valence-electron chi connectivity index (χ4n) is 8.21. The highest BCUT2D eigenvalue weighted by molar-refractivity contribution is 7.26. The van der Waals surface area contributed by atoms with Crippen LogP contribution in [0.4, 0.5) is 0 Å². The van der Waals surface area contributed by atoms with Gasteiger partial charge in [-0.15, -0.1) is 16.8 Å². The average Bonchev–Trinajstić information content (AvgIpc) is 3.94. The summed E-state index contributed by atoms with van der Waals surface area (Å²) in [4.78, 5) is 14.8. The quantitative estimate of drug-likeness (QED) is 0.240. The number of hydrogen-bond acceptors (Lipinski definition) is 5. The first-order valence-corrected chi connectivity index (χ1v) is 19.0. The fraction of sp³-hybridized carbons (Fsp3) is 0. The molecule has 0 aliphatic heterocycles. The van der Waals surface area contributed by atoms with Crippen LogP contribution in [0, 0.1) is 0 Å². The molecule has 0 saturated heterocycles. The van der Waals surface area contributed by atoms with Crippen LogP contribution >= 0.6 is 11.3 Å². The van der Waals surface area contributed by atoms with Crippen molar-refractivity contribution in [2.75, 3.05) is 0 Å². The van der Waals surface area contributed by atoms with Gasteiger partial charge in [-0.3, -0.25) is 0 Å². The first-order valence-electron chi connectivity index (χ1n) is 18.2. The molecule has 4 heterocycles. The molecular formula is C45H20B6N4OS. The van der Waals surface area contributed by atoms with Gasteiger partial charge < -0.3 is 8.98 Å². The average molecular weight is 730 g/mol. The molecule has 0 fully saturated rings.